The zero-order valence-electron chi connectivity index (χ0n) is 17.4. The van der Waals surface area contributed by atoms with E-state index in [9.17, 15) is 8.42 Å². The van der Waals surface area contributed by atoms with E-state index in [1.54, 1.807) is 18.2 Å². The smallest absolute Gasteiger partial charge is 0.247 e. The summed E-state index contributed by atoms with van der Waals surface area (Å²) in [5.74, 6) is 2.00. The SMILES string of the molecule is Cc1ccc(S(=O)(=O)N2CCC[C@H](c3nnc(-c4ccc5c(c4)OCO5)o3)C2)c(C)c1. The molecule has 0 aliphatic carbocycles. The summed E-state index contributed by atoms with van der Waals surface area (Å²) < 4.78 is 44.7. The lowest BCUT2D eigenvalue weighted by molar-refractivity contribution is 0.174. The Hall–Kier alpha value is -2.91. The predicted molar refractivity (Wildman–Crippen MR) is 113 cm³/mol. The van der Waals surface area contributed by atoms with E-state index in [1.165, 1.54) is 4.31 Å². The number of nitrogens with zero attached hydrogens (tertiary/aromatic N) is 3. The number of aryl methyl sites for hydroxylation is 2. The van der Waals surface area contributed by atoms with Crippen molar-refractivity contribution in [2.24, 2.45) is 0 Å². The van der Waals surface area contributed by atoms with E-state index < -0.39 is 10.0 Å². The molecule has 0 amide bonds. The third-order valence-corrected chi connectivity index (χ3v) is 7.77. The van der Waals surface area contributed by atoms with Crippen molar-refractivity contribution < 1.29 is 22.3 Å². The molecule has 9 heteroatoms. The number of ether oxygens (including phenoxy) is 2. The van der Waals surface area contributed by atoms with Crippen LogP contribution in [0.1, 0.15) is 35.8 Å². The van der Waals surface area contributed by atoms with Crippen molar-refractivity contribution in [2.45, 2.75) is 37.5 Å². The Morgan fingerprint density at radius 1 is 1.03 bits per heavy atom. The summed E-state index contributed by atoms with van der Waals surface area (Å²) >= 11 is 0. The van der Waals surface area contributed by atoms with Gasteiger partial charge < -0.3 is 13.9 Å². The summed E-state index contributed by atoms with van der Waals surface area (Å²) in [4.78, 5) is 0.352. The van der Waals surface area contributed by atoms with E-state index in [4.69, 9.17) is 13.9 Å². The minimum atomic E-state index is -3.59. The molecule has 1 aromatic heterocycles. The van der Waals surface area contributed by atoms with Gasteiger partial charge in [-0.25, -0.2) is 8.42 Å². The van der Waals surface area contributed by atoms with Gasteiger partial charge in [0.15, 0.2) is 11.5 Å². The fourth-order valence-electron chi connectivity index (χ4n) is 4.14. The van der Waals surface area contributed by atoms with E-state index in [2.05, 4.69) is 10.2 Å². The van der Waals surface area contributed by atoms with Crippen LogP contribution in [-0.2, 0) is 10.0 Å². The van der Waals surface area contributed by atoms with Gasteiger partial charge in [-0.3, -0.25) is 0 Å². The Morgan fingerprint density at radius 3 is 2.71 bits per heavy atom. The number of aromatic nitrogens is 2. The van der Waals surface area contributed by atoms with Gasteiger partial charge in [0.2, 0.25) is 28.6 Å². The van der Waals surface area contributed by atoms with Crippen LogP contribution in [0.2, 0.25) is 0 Å². The molecule has 31 heavy (non-hydrogen) atoms. The lowest BCUT2D eigenvalue weighted by Gasteiger charge is -2.30. The first-order chi connectivity index (χ1) is 14.9. The summed E-state index contributed by atoms with van der Waals surface area (Å²) in [6.07, 6.45) is 1.53. The second kappa shape index (κ2) is 7.65. The van der Waals surface area contributed by atoms with Gasteiger partial charge in [-0.15, -0.1) is 10.2 Å². The molecule has 3 aromatic rings. The van der Waals surface area contributed by atoms with Crippen molar-refractivity contribution in [1.29, 1.82) is 0 Å². The van der Waals surface area contributed by atoms with Gasteiger partial charge in [-0.1, -0.05) is 17.7 Å². The van der Waals surface area contributed by atoms with Crippen LogP contribution in [0, 0.1) is 13.8 Å². The Bertz CT molecular complexity index is 1240. The molecule has 162 valence electrons. The van der Waals surface area contributed by atoms with Crippen LogP contribution in [0.4, 0.5) is 0 Å². The molecule has 1 fully saturated rings. The molecule has 2 aromatic carbocycles. The molecule has 0 bridgehead atoms. The van der Waals surface area contributed by atoms with Crippen LogP contribution in [0.15, 0.2) is 45.7 Å². The monoisotopic (exact) mass is 441 g/mol. The molecular formula is C22H23N3O5S. The molecule has 0 saturated carbocycles. The summed E-state index contributed by atoms with van der Waals surface area (Å²) in [7, 11) is -3.59. The first kappa shape index (κ1) is 20.0. The minimum absolute atomic E-state index is 0.149. The quantitative estimate of drug-likeness (QED) is 0.610. The first-order valence-corrected chi connectivity index (χ1v) is 11.7. The zero-order chi connectivity index (χ0) is 21.6. The third kappa shape index (κ3) is 3.68. The first-order valence-electron chi connectivity index (χ1n) is 10.2. The van der Waals surface area contributed by atoms with E-state index in [1.807, 2.05) is 32.0 Å². The number of benzene rings is 2. The van der Waals surface area contributed by atoms with Crippen LogP contribution in [0.5, 0.6) is 11.5 Å². The topological polar surface area (TPSA) is 94.8 Å². The van der Waals surface area contributed by atoms with Crippen molar-refractivity contribution in [2.75, 3.05) is 19.9 Å². The van der Waals surface area contributed by atoms with Gasteiger partial charge >= 0.3 is 0 Å². The summed E-state index contributed by atoms with van der Waals surface area (Å²) in [5.41, 5.74) is 2.53. The second-order valence-corrected chi connectivity index (χ2v) is 9.89. The number of fused-ring (bicyclic) bond motifs is 1. The molecule has 0 N–H and O–H groups in total. The van der Waals surface area contributed by atoms with Crippen LogP contribution in [0.3, 0.4) is 0 Å². The van der Waals surface area contributed by atoms with E-state index in [-0.39, 0.29) is 12.7 Å². The maximum atomic E-state index is 13.3. The fourth-order valence-corrected chi connectivity index (χ4v) is 5.87. The maximum absolute atomic E-state index is 13.3. The number of hydrogen-bond acceptors (Lipinski definition) is 7. The predicted octanol–water partition coefficient (Wildman–Crippen LogP) is 3.65. The van der Waals surface area contributed by atoms with Crippen molar-refractivity contribution in [3.63, 3.8) is 0 Å². The van der Waals surface area contributed by atoms with E-state index in [0.717, 1.165) is 29.5 Å². The van der Waals surface area contributed by atoms with Crippen molar-refractivity contribution >= 4 is 10.0 Å². The van der Waals surface area contributed by atoms with Crippen LogP contribution < -0.4 is 9.47 Å². The minimum Gasteiger partial charge on any atom is -0.454 e. The molecule has 0 spiro atoms. The van der Waals surface area contributed by atoms with Crippen LogP contribution in [0.25, 0.3) is 11.5 Å². The standard InChI is InChI=1S/C22H23N3O5S/c1-14-5-8-20(15(2)10-14)31(26,27)25-9-3-4-17(12-25)22-24-23-21(30-22)16-6-7-18-19(11-16)29-13-28-18/h5-8,10-11,17H,3-4,9,12-13H2,1-2H3/t17-/m0/s1. The molecule has 1 saturated heterocycles. The van der Waals surface area contributed by atoms with Gasteiger partial charge in [0.05, 0.1) is 10.8 Å². The molecule has 2 aliphatic rings. The lowest BCUT2D eigenvalue weighted by atomic mass is 10.00. The summed E-state index contributed by atoms with van der Waals surface area (Å²) in [5, 5.41) is 8.39. The summed E-state index contributed by atoms with van der Waals surface area (Å²) in [6.45, 7) is 4.78. The van der Waals surface area contributed by atoms with Gasteiger partial charge in [0.25, 0.3) is 0 Å². The third-order valence-electron chi connectivity index (χ3n) is 5.74. The van der Waals surface area contributed by atoms with Crippen molar-refractivity contribution in [1.82, 2.24) is 14.5 Å². The fraction of sp³-hybridized carbons (Fsp3) is 0.364. The molecule has 8 nitrogen and oxygen atoms in total. The molecule has 1 atom stereocenters. The maximum Gasteiger partial charge on any atom is 0.247 e. The normalized spacial score (nSPS) is 19.0. The average molecular weight is 442 g/mol. The van der Waals surface area contributed by atoms with Crippen molar-refractivity contribution in [3.8, 4) is 23.0 Å². The van der Waals surface area contributed by atoms with Gasteiger partial charge in [0.1, 0.15) is 0 Å². The largest absolute Gasteiger partial charge is 0.454 e. The number of sulfonamides is 1. The molecule has 0 radical (unpaired) electrons. The Labute approximate surface area is 180 Å². The van der Waals surface area contributed by atoms with E-state index in [0.29, 0.717) is 41.3 Å². The van der Waals surface area contributed by atoms with Crippen LogP contribution in [-0.4, -0.2) is 42.8 Å². The highest BCUT2D eigenvalue weighted by molar-refractivity contribution is 7.89. The average Bonchev–Trinajstić information content (AvgIpc) is 3.43. The Morgan fingerprint density at radius 2 is 1.87 bits per heavy atom. The van der Waals surface area contributed by atoms with E-state index >= 15 is 0 Å². The highest BCUT2D eigenvalue weighted by atomic mass is 32.2. The Kier molecular flexibility index (Phi) is 4.94. The Balaban J connectivity index is 1.37. The highest BCUT2D eigenvalue weighted by Gasteiger charge is 2.34. The zero-order valence-corrected chi connectivity index (χ0v) is 18.2. The molecule has 5 rings (SSSR count). The molecule has 3 heterocycles. The molecular weight excluding hydrogens is 418 g/mol. The highest BCUT2D eigenvalue weighted by Crippen LogP contribution is 2.37. The summed E-state index contributed by atoms with van der Waals surface area (Å²) in [6, 6.07) is 10.9. The molecule has 2 aliphatic heterocycles. The van der Waals surface area contributed by atoms with Gasteiger partial charge in [-0.2, -0.15) is 4.31 Å². The lowest BCUT2D eigenvalue weighted by Crippen LogP contribution is -2.39. The molecule has 0 unspecified atom stereocenters. The number of piperidine rings is 1. The van der Waals surface area contributed by atoms with Crippen LogP contribution >= 0.6 is 0 Å². The number of rotatable bonds is 4. The second-order valence-electron chi connectivity index (χ2n) is 7.98. The number of hydrogen-bond donors (Lipinski definition) is 0. The van der Waals surface area contributed by atoms with Gasteiger partial charge in [-0.05, 0) is 56.5 Å². The van der Waals surface area contributed by atoms with Crippen molar-refractivity contribution in [3.05, 3.63) is 53.4 Å². The van der Waals surface area contributed by atoms with Gasteiger partial charge in [0, 0.05) is 18.7 Å².